The van der Waals surface area contributed by atoms with Gasteiger partial charge in [-0.2, -0.15) is 0 Å². The average molecular weight is 283 g/mol. The van der Waals surface area contributed by atoms with Crippen molar-refractivity contribution >= 4 is 5.82 Å². The number of aromatic nitrogens is 2. The Morgan fingerprint density at radius 3 is 2.43 bits per heavy atom. The largest absolute Gasteiger partial charge is 0.384 e. The number of hydrogen-bond donors (Lipinski definition) is 1. The summed E-state index contributed by atoms with van der Waals surface area (Å²) in [5.41, 5.74) is 8.79. The molecular formula is C16H21N5. The first kappa shape index (κ1) is 14.0. The van der Waals surface area contributed by atoms with E-state index in [-0.39, 0.29) is 0 Å². The third kappa shape index (κ3) is 3.56. The van der Waals surface area contributed by atoms with Crippen molar-refractivity contribution in [1.29, 1.82) is 0 Å². The van der Waals surface area contributed by atoms with E-state index in [1.165, 1.54) is 5.56 Å². The smallest absolute Gasteiger partial charge is 0.123 e. The van der Waals surface area contributed by atoms with Crippen molar-refractivity contribution in [3.63, 3.8) is 0 Å². The molecule has 0 saturated carbocycles. The average Bonchev–Trinajstić information content (AvgIpc) is 2.51. The molecule has 3 heterocycles. The summed E-state index contributed by atoms with van der Waals surface area (Å²) >= 11 is 0. The fourth-order valence-corrected chi connectivity index (χ4v) is 2.51. The Balaban J connectivity index is 1.65. The quantitative estimate of drug-likeness (QED) is 0.924. The predicted molar refractivity (Wildman–Crippen MR) is 84.7 cm³/mol. The first-order chi connectivity index (χ1) is 10.2. The van der Waals surface area contributed by atoms with Crippen LogP contribution in [0.3, 0.4) is 0 Å². The lowest BCUT2D eigenvalue weighted by molar-refractivity contribution is 0.148. The number of hydrogen-bond acceptors (Lipinski definition) is 5. The van der Waals surface area contributed by atoms with Crippen LogP contribution in [-0.2, 0) is 6.54 Å². The number of nitrogen functional groups attached to an aromatic ring is 1. The maximum Gasteiger partial charge on any atom is 0.123 e. The van der Waals surface area contributed by atoms with Gasteiger partial charge in [-0.1, -0.05) is 6.07 Å². The zero-order chi connectivity index (χ0) is 14.7. The van der Waals surface area contributed by atoms with E-state index in [1.807, 2.05) is 12.3 Å². The minimum absolute atomic E-state index is 0.533. The molecule has 0 aliphatic carbocycles. The fourth-order valence-electron chi connectivity index (χ4n) is 2.51. The van der Waals surface area contributed by atoms with E-state index in [2.05, 4.69) is 38.9 Å². The second-order valence-corrected chi connectivity index (χ2v) is 5.60. The summed E-state index contributed by atoms with van der Waals surface area (Å²) in [6.45, 7) is 5.51. The lowest BCUT2D eigenvalue weighted by Gasteiger charge is -2.32. The zero-order valence-electron chi connectivity index (χ0n) is 12.4. The molecule has 1 fully saturated rings. The van der Waals surface area contributed by atoms with Gasteiger partial charge in [0.2, 0.25) is 0 Å². The van der Waals surface area contributed by atoms with E-state index in [0.717, 1.165) is 44.0 Å². The standard InChI is InChI=1S/C16H21N5/c1-20-6-8-21(9-7-20)12-13-2-4-15(18-10-13)14-3-5-16(17)19-11-14/h2-5,10-11H,6-9,12H2,1H3,(H2,17,19). The van der Waals surface area contributed by atoms with Gasteiger partial charge in [0.1, 0.15) is 5.82 Å². The van der Waals surface area contributed by atoms with Crippen molar-refractivity contribution in [1.82, 2.24) is 19.8 Å². The van der Waals surface area contributed by atoms with Crippen molar-refractivity contribution in [2.45, 2.75) is 6.54 Å². The lowest BCUT2D eigenvalue weighted by atomic mass is 10.1. The van der Waals surface area contributed by atoms with E-state index in [9.17, 15) is 0 Å². The molecule has 110 valence electrons. The highest BCUT2D eigenvalue weighted by atomic mass is 15.2. The highest BCUT2D eigenvalue weighted by Gasteiger charge is 2.13. The van der Waals surface area contributed by atoms with Crippen molar-refractivity contribution < 1.29 is 0 Å². The SMILES string of the molecule is CN1CCN(Cc2ccc(-c3ccc(N)nc3)nc2)CC1. The molecule has 1 aliphatic heterocycles. The maximum atomic E-state index is 5.60. The molecule has 5 heteroatoms. The van der Waals surface area contributed by atoms with Gasteiger partial charge in [-0.25, -0.2) is 4.98 Å². The van der Waals surface area contributed by atoms with Crippen LogP contribution in [0.15, 0.2) is 36.7 Å². The summed E-state index contributed by atoms with van der Waals surface area (Å²) in [6, 6.07) is 7.95. The minimum Gasteiger partial charge on any atom is -0.384 e. The molecule has 0 aromatic carbocycles. The molecule has 0 radical (unpaired) electrons. The number of nitrogens with zero attached hydrogens (tertiary/aromatic N) is 4. The monoisotopic (exact) mass is 283 g/mol. The summed E-state index contributed by atoms with van der Waals surface area (Å²) in [7, 11) is 2.17. The van der Waals surface area contributed by atoms with Gasteiger partial charge < -0.3 is 10.6 Å². The van der Waals surface area contributed by atoms with Gasteiger partial charge in [0.15, 0.2) is 0 Å². The van der Waals surface area contributed by atoms with Gasteiger partial charge in [-0.05, 0) is 30.8 Å². The van der Waals surface area contributed by atoms with Crippen LogP contribution in [0.1, 0.15) is 5.56 Å². The summed E-state index contributed by atoms with van der Waals surface area (Å²) < 4.78 is 0. The Labute approximate surface area is 125 Å². The molecule has 1 aliphatic rings. The molecule has 1 saturated heterocycles. The molecule has 0 atom stereocenters. The summed E-state index contributed by atoms with van der Waals surface area (Å²) in [6.07, 6.45) is 3.72. The third-order valence-corrected chi connectivity index (χ3v) is 3.91. The van der Waals surface area contributed by atoms with Gasteiger partial charge in [-0.15, -0.1) is 0 Å². The predicted octanol–water partition coefficient (Wildman–Crippen LogP) is 1.47. The van der Waals surface area contributed by atoms with Gasteiger partial charge in [0.05, 0.1) is 5.69 Å². The molecule has 21 heavy (non-hydrogen) atoms. The molecule has 0 spiro atoms. The Bertz CT molecular complexity index is 571. The Morgan fingerprint density at radius 2 is 1.81 bits per heavy atom. The van der Waals surface area contributed by atoms with Crippen molar-refractivity contribution in [3.8, 4) is 11.3 Å². The molecule has 2 aromatic heterocycles. The van der Waals surface area contributed by atoms with Crippen LogP contribution in [0.2, 0.25) is 0 Å². The highest BCUT2D eigenvalue weighted by molar-refractivity contribution is 5.59. The molecule has 2 aromatic rings. The first-order valence-corrected chi connectivity index (χ1v) is 7.28. The van der Waals surface area contributed by atoms with E-state index in [4.69, 9.17) is 5.73 Å². The van der Waals surface area contributed by atoms with Crippen LogP contribution in [0.5, 0.6) is 0 Å². The van der Waals surface area contributed by atoms with Gasteiger partial charge in [0, 0.05) is 50.7 Å². The number of piperazine rings is 1. The second kappa shape index (κ2) is 6.20. The third-order valence-electron chi connectivity index (χ3n) is 3.91. The minimum atomic E-state index is 0.533. The topological polar surface area (TPSA) is 58.3 Å². The Hall–Kier alpha value is -1.98. The van der Waals surface area contributed by atoms with Crippen LogP contribution in [0, 0.1) is 0 Å². The molecule has 0 bridgehead atoms. The van der Waals surface area contributed by atoms with Crippen LogP contribution in [0.25, 0.3) is 11.3 Å². The molecule has 0 unspecified atom stereocenters. The first-order valence-electron chi connectivity index (χ1n) is 7.28. The molecular weight excluding hydrogens is 262 g/mol. The van der Waals surface area contributed by atoms with Gasteiger partial charge in [0.25, 0.3) is 0 Å². The zero-order valence-corrected chi connectivity index (χ0v) is 12.4. The number of nitrogens with two attached hydrogens (primary N) is 1. The van der Waals surface area contributed by atoms with Crippen LogP contribution in [-0.4, -0.2) is 53.0 Å². The summed E-state index contributed by atoms with van der Waals surface area (Å²) in [4.78, 5) is 13.5. The molecule has 2 N–H and O–H groups in total. The number of rotatable bonds is 3. The van der Waals surface area contributed by atoms with E-state index >= 15 is 0 Å². The summed E-state index contributed by atoms with van der Waals surface area (Å²) in [5.74, 6) is 0.533. The fraction of sp³-hybridized carbons (Fsp3) is 0.375. The van der Waals surface area contributed by atoms with Crippen LogP contribution < -0.4 is 5.73 Å². The van der Waals surface area contributed by atoms with Crippen molar-refractivity contribution in [3.05, 3.63) is 42.2 Å². The normalized spacial score (nSPS) is 17.0. The maximum absolute atomic E-state index is 5.60. The van der Waals surface area contributed by atoms with Gasteiger partial charge >= 0.3 is 0 Å². The molecule has 3 rings (SSSR count). The van der Waals surface area contributed by atoms with Crippen LogP contribution >= 0.6 is 0 Å². The summed E-state index contributed by atoms with van der Waals surface area (Å²) in [5, 5.41) is 0. The Kier molecular flexibility index (Phi) is 4.13. The number of anilines is 1. The van der Waals surface area contributed by atoms with E-state index in [0.29, 0.717) is 5.82 Å². The van der Waals surface area contributed by atoms with Gasteiger partial charge in [-0.3, -0.25) is 9.88 Å². The number of pyridine rings is 2. The number of likely N-dealkylation sites (N-methyl/N-ethyl adjacent to an activating group) is 1. The molecule has 5 nitrogen and oxygen atoms in total. The molecule has 0 amide bonds. The van der Waals surface area contributed by atoms with E-state index < -0.39 is 0 Å². The van der Waals surface area contributed by atoms with Crippen molar-refractivity contribution in [2.75, 3.05) is 39.0 Å². The van der Waals surface area contributed by atoms with Crippen LogP contribution in [0.4, 0.5) is 5.82 Å². The highest BCUT2D eigenvalue weighted by Crippen LogP contribution is 2.17. The second-order valence-electron chi connectivity index (χ2n) is 5.60. The van der Waals surface area contributed by atoms with E-state index in [1.54, 1.807) is 12.3 Å². The Morgan fingerprint density at radius 1 is 1.00 bits per heavy atom. The van der Waals surface area contributed by atoms with Crippen molar-refractivity contribution in [2.24, 2.45) is 0 Å². The lowest BCUT2D eigenvalue weighted by Crippen LogP contribution is -2.43.